The number of amides is 1. The van der Waals surface area contributed by atoms with Gasteiger partial charge in [0.25, 0.3) is 5.91 Å². The fourth-order valence-corrected chi connectivity index (χ4v) is 3.63. The quantitative estimate of drug-likeness (QED) is 0.612. The minimum absolute atomic E-state index is 0.0986. The van der Waals surface area contributed by atoms with Gasteiger partial charge in [-0.15, -0.1) is 0 Å². The Morgan fingerprint density at radius 3 is 2.53 bits per heavy atom. The molecule has 1 amide bonds. The van der Waals surface area contributed by atoms with Crippen LogP contribution in [0.2, 0.25) is 0 Å². The highest BCUT2D eigenvalue weighted by atomic mass is 16.5. The molecule has 1 aliphatic rings. The van der Waals surface area contributed by atoms with E-state index in [9.17, 15) is 4.79 Å². The third-order valence-electron chi connectivity index (χ3n) is 5.54. The zero-order chi connectivity index (χ0) is 21.1. The van der Waals surface area contributed by atoms with Crippen LogP contribution in [0, 0.1) is 5.92 Å². The predicted octanol–water partition coefficient (Wildman–Crippen LogP) is 4.14. The van der Waals surface area contributed by atoms with Gasteiger partial charge in [0.05, 0.1) is 26.3 Å². The Labute approximate surface area is 176 Å². The zero-order valence-corrected chi connectivity index (χ0v) is 17.6. The molecule has 1 N–H and O–H groups in total. The summed E-state index contributed by atoms with van der Waals surface area (Å²) >= 11 is 0. The van der Waals surface area contributed by atoms with Crippen molar-refractivity contribution in [3.05, 3.63) is 65.9 Å². The summed E-state index contributed by atoms with van der Waals surface area (Å²) < 4.78 is 12.6. The van der Waals surface area contributed by atoms with Crippen LogP contribution >= 0.6 is 0 Å². The van der Waals surface area contributed by atoms with Crippen LogP contribution in [-0.2, 0) is 6.54 Å². The Hall–Kier alpha value is -3.28. The molecule has 1 atom stereocenters. The number of benzene rings is 2. The molecule has 156 valence electrons. The number of nitrogens with one attached hydrogen (secondary N) is 1. The standard InChI is InChI=1S/C24H27N3O3/c1-16(18-9-10-18)25-24(28)20-15-27(14-17-7-5-4-6-8-17)26-23(20)19-11-12-21(29-2)22(13-19)30-3/h4-8,11-13,15-16,18H,9-10,14H2,1-3H3,(H,25,28)/t16-/m0/s1. The van der Waals surface area contributed by atoms with E-state index in [1.807, 2.05) is 59.4 Å². The highest BCUT2D eigenvalue weighted by molar-refractivity contribution is 6.00. The number of carbonyl (C=O) groups excluding carboxylic acids is 1. The van der Waals surface area contributed by atoms with Gasteiger partial charge < -0.3 is 14.8 Å². The Bertz CT molecular complexity index is 1030. The van der Waals surface area contributed by atoms with Gasteiger partial charge in [-0.25, -0.2) is 0 Å². The molecule has 30 heavy (non-hydrogen) atoms. The molecule has 0 unspecified atom stereocenters. The number of ether oxygens (including phenoxy) is 2. The van der Waals surface area contributed by atoms with E-state index in [4.69, 9.17) is 14.6 Å². The van der Waals surface area contributed by atoms with Gasteiger partial charge in [0.1, 0.15) is 5.69 Å². The fraction of sp³-hybridized carbons (Fsp3) is 0.333. The van der Waals surface area contributed by atoms with Crippen molar-refractivity contribution in [2.24, 2.45) is 5.92 Å². The van der Waals surface area contributed by atoms with E-state index in [1.54, 1.807) is 14.2 Å². The average Bonchev–Trinajstić information content (AvgIpc) is 3.54. The second kappa shape index (κ2) is 8.61. The molecule has 4 rings (SSSR count). The van der Waals surface area contributed by atoms with Crippen molar-refractivity contribution in [3.63, 3.8) is 0 Å². The van der Waals surface area contributed by atoms with Crippen molar-refractivity contribution >= 4 is 5.91 Å². The van der Waals surface area contributed by atoms with Crippen LogP contribution < -0.4 is 14.8 Å². The van der Waals surface area contributed by atoms with E-state index in [1.165, 1.54) is 12.8 Å². The van der Waals surface area contributed by atoms with Crippen molar-refractivity contribution in [1.29, 1.82) is 0 Å². The minimum atomic E-state index is -0.0986. The molecule has 6 heteroatoms. The van der Waals surface area contributed by atoms with Crippen molar-refractivity contribution in [2.45, 2.75) is 32.4 Å². The van der Waals surface area contributed by atoms with Crippen LogP contribution in [0.25, 0.3) is 11.3 Å². The fourth-order valence-electron chi connectivity index (χ4n) is 3.63. The lowest BCUT2D eigenvalue weighted by Gasteiger charge is -2.13. The summed E-state index contributed by atoms with van der Waals surface area (Å²) in [6, 6.07) is 15.8. The van der Waals surface area contributed by atoms with E-state index < -0.39 is 0 Å². The number of nitrogens with zero attached hydrogens (tertiary/aromatic N) is 2. The van der Waals surface area contributed by atoms with E-state index in [0.717, 1.165) is 11.1 Å². The summed E-state index contributed by atoms with van der Waals surface area (Å²) in [6.07, 6.45) is 4.18. The average molecular weight is 405 g/mol. The first-order chi connectivity index (χ1) is 14.6. The largest absolute Gasteiger partial charge is 0.493 e. The maximum absolute atomic E-state index is 13.1. The summed E-state index contributed by atoms with van der Waals surface area (Å²) in [5.41, 5.74) is 3.12. The first-order valence-corrected chi connectivity index (χ1v) is 10.2. The summed E-state index contributed by atoms with van der Waals surface area (Å²) in [7, 11) is 3.20. The highest BCUT2D eigenvalue weighted by Gasteiger charge is 2.30. The summed E-state index contributed by atoms with van der Waals surface area (Å²) in [5, 5.41) is 7.90. The molecule has 0 bridgehead atoms. The lowest BCUT2D eigenvalue weighted by Crippen LogP contribution is -2.34. The Balaban J connectivity index is 1.70. The van der Waals surface area contributed by atoms with Crippen LogP contribution in [-0.4, -0.2) is 35.9 Å². The van der Waals surface area contributed by atoms with E-state index in [2.05, 4.69) is 12.2 Å². The molecule has 0 saturated heterocycles. The van der Waals surface area contributed by atoms with Crippen molar-refractivity contribution in [3.8, 4) is 22.8 Å². The molecule has 6 nitrogen and oxygen atoms in total. The van der Waals surface area contributed by atoms with Gasteiger partial charge in [-0.1, -0.05) is 30.3 Å². The number of methoxy groups -OCH3 is 2. The van der Waals surface area contributed by atoms with Gasteiger partial charge in [-0.05, 0) is 49.4 Å². The van der Waals surface area contributed by atoms with Gasteiger partial charge in [0, 0.05) is 17.8 Å². The van der Waals surface area contributed by atoms with Gasteiger partial charge >= 0.3 is 0 Å². The molecule has 0 spiro atoms. The van der Waals surface area contributed by atoms with Crippen LogP contribution in [0.5, 0.6) is 11.5 Å². The molecule has 1 heterocycles. The zero-order valence-electron chi connectivity index (χ0n) is 17.6. The predicted molar refractivity (Wildman–Crippen MR) is 116 cm³/mol. The Morgan fingerprint density at radius 1 is 1.13 bits per heavy atom. The minimum Gasteiger partial charge on any atom is -0.493 e. The second-order valence-electron chi connectivity index (χ2n) is 7.74. The molecule has 2 aromatic carbocycles. The van der Waals surface area contributed by atoms with Gasteiger partial charge in [0.15, 0.2) is 11.5 Å². The maximum atomic E-state index is 13.1. The van der Waals surface area contributed by atoms with Crippen molar-refractivity contribution < 1.29 is 14.3 Å². The molecule has 3 aromatic rings. The maximum Gasteiger partial charge on any atom is 0.255 e. The SMILES string of the molecule is COc1ccc(-c2nn(Cc3ccccc3)cc2C(=O)N[C@@H](C)C2CC2)cc1OC. The summed E-state index contributed by atoms with van der Waals surface area (Å²) in [4.78, 5) is 13.1. The first-order valence-electron chi connectivity index (χ1n) is 10.2. The van der Waals surface area contributed by atoms with Crippen molar-refractivity contribution in [2.75, 3.05) is 14.2 Å². The number of aromatic nitrogens is 2. The number of rotatable bonds is 8. The molecule has 0 aliphatic heterocycles. The van der Waals surface area contributed by atoms with E-state index in [0.29, 0.717) is 35.2 Å². The molecule has 1 saturated carbocycles. The normalized spacial score (nSPS) is 14.2. The molecular weight excluding hydrogens is 378 g/mol. The van der Waals surface area contributed by atoms with Crippen LogP contribution in [0.15, 0.2) is 54.7 Å². The molecule has 1 aliphatic carbocycles. The lowest BCUT2D eigenvalue weighted by atomic mass is 10.1. The second-order valence-corrected chi connectivity index (χ2v) is 7.74. The molecule has 0 radical (unpaired) electrons. The Morgan fingerprint density at radius 2 is 1.87 bits per heavy atom. The van der Waals surface area contributed by atoms with Crippen LogP contribution in [0.4, 0.5) is 0 Å². The van der Waals surface area contributed by atoms with Gasteiger partial charge in [-0.3, -0.25) is 9.48 Å². The third-order valence-corrected chi connectivity index (χ3v) is 5.54. The molecule has 1 aromatic heterocycles. The number of hydrogen-bond donors (Lipinski definition) is 1. The van der Waals surface area contributed by atoms with Gasteiger partial charge in [0.2, 0.25) is 0 Å². The van der Waals surface area contributed by atoms with Crippen molar-refractivity contribution in [1.82, 2.24) is 15.1 Å². The summed E-state index contributed by atoms with van der Waals surface area (Å²) in [5.74, 6) is 1.72. The third kappa shape index (κ3) is 4.32. The monoisotopic (exact) mass is 405 g/mol. The van der Waals surface area contributed by atoms with Gasteiger partial charge in [-0.2, -0.15) is 5.10 Å². The summed E-state index contributed by atoms with van der Waals surface area (Å²) in [6.45, 7) is 2.66. The van der Waals surface area contributed by atoms with Crippen LogP contribution in [0.1, 0.15) is 35.7 Å². The smallest absolute Gasteiger partial charge is 0.255 e. The molecular formula is C24H27N3O3. The van der Waals surface area contributed by atoms with E-state index >= 15 is 0 Å². The molecule has 1 fully saturated rings. The number of hydrogen-bond acceptors (Lipinski definition) is 4. The topological polar surface area (TPSA) is 65.4 Å². The van der Waals surface area contributed by atoms with E-state index in [-0.39, 0.29) is 11.9 Å². The number of carbonyl (C=O) groups is 1. The first kappa shape index (κ1) is 20.0. The lowest BCUT2D eigenvalue weighted by molar-refractivity contribution is 0.0936. The highest BCUT2D eigenvalue weighted by Crippen LogP contribution is 2.34. The van der Waals surface area contributed by atoms with Crippen LogP contribution in [0.3, 0.4) is 0 Å². The Kier molecular flexibility index (Phi) is 5.74.